The zero-order chi connectivity index (χ0) is 23.3. The number of anilines is 2. The minimum Gasteiger partial charge on any atom is -0.359 e. The van der Waals surface area contributed by atoms with Crippen LogP contribution in [0.25, 0.3) is 11.1 Å². The first-order valence-corrected chi connectivity index (χ1v) is 11.5. The van der Waals surface area contributed by atoms with Gasteiger partial charge in [-0.05, 0) is 58.7 Å². The number of rotatable bonds is 8. The molecule has 3 aromatic carbocycles. The molecule has 0 saturated heterocycles. The molecule has 2 aliphatic heterocycles. The van der Waals surface area contributed by atoms with Gasteiger partial charge >= 0.3 is 0 Å². The van der Waals surface area contributed by atoms with Gasteiger partial charge in [0.05, 0.1) is 35.5 Å². The Bertz CT molecular complexity index is 1270. The highest BCUT2D eigenvalue weighted by Gasteiger charge is 2.16. The largest absolute Gasteiger partial charge is 0.359 e. The minimum atomic E-state index is 0.799. The molecule has 3 aromatic rings. The maximum Gasteiger partial charge on any atom is 0.0714 e. The molecule has 0 amide bonds. The van der Waals surface area contributed by atoms with Gasteiger partial charge in [0.15, 0.2) is 0 Å². The highest BCUT2D eigenvalue weighted by atomic mass is 32.2. The summed E-state index contributed by atoms with van der Waals surface area (Å²) in [6.07, 6.45) is 7.95. The van der Waals surface area contributed by atoms with Gasteiger partial charge in [-0.25, -0.2) is 10.5 Å². The summed E-state index contributed by atoms with van der Waals surface area (Å²) in [6.45, 7) is 0. The number of hydrogen-bond acceptors (Lipinski definition) is 10. The van der Waals surface area contributed by atoms with Crippen molar-refractivity contribution in [1.29, 1.82) is 0 Å². The van der Waals surface area contributed by atoms with Crippen LogP contribution in [0, 0.1) is 0 Å². The number of benzene rings is 3. The fourth-order valence-electron chi connectivity index (χ4n) is 3.94. The van der Waals surface area contributed by atoms with Gasteiger partial charge in [0, 0.05) is 32.6 Å². The van der Waals surface area contributed by atoms with Crippen molar-refractivity contribution in [3.05, 3.63) is 107 Å². The first-order valence-electron chi connectivity index (χ1n) is 10.1. The van der Waals surface area contributed by atoms with Gasteiger partial charge in [-0.3, -0.25) is 0 Å². The molecule has 2 aliphatic rings. The Balaban J connectivity index is 1.56. The molecule has 10 heteroatoms. The van der Waals surface area contributed by atoms with Gasteiger partial charge in [0.25, 0.3) is 0 Å². The van der Waals surface area contributed by atoms with Gasteiger partial charge in [-0.15, -0.1) is 8.67 Å². The summed E-state index contributed by atoms with van der Waals surface area (Å²) >= 11 is 1.85. The lowest BCUT2D eigenvalue weighted by atomic mass is 9.95. The second-order valence-electron chi connectivity index (χ2n) is 7.19. The lowest BCUT2D eigenvalue weighted by molar-refractivity contribution is -0.432. The maximum absolute atomic E-state index is 8.33. The lowest BCUT2D eigenvalue weighted by Crippen LogP contribution is -2.25. The molecule has 0 bridgehead atoms. The number of allylic oxidation sites excluding steroid dienone is 2. The number of fused-ring (bicyclic) bond motifs is 3. The maximum atomic E-state index is 8.33. The topological polar surface area (TPSA) is 101 Å². The molecule has 0 atom stereocenters. The monoisotopic (exact) mass is 494 g/mol. The van der Waals surface area contributed by atoms with Crippen molar-refractivity contribution in [3.63, 3.8) is 0 Å². The quantitative estimate of drug-likeness (QED) is 0.198. The van der Waals surface area contributed by atoms with E-state index >= 15 is 0 Å². The third-order valence-corrected chi connectivity index (χ3v) is 6.58. The Morgan fingerprint density at radius 3 is 1.35 bits per heavy atom. The highest BCUT2D eigenvalue weighted by molar-refractivity contribution is 7.94. The Morgan fingerprint density at radius 1 is 0.559 bits per heavy atom. The fraction of sp³-hybridized carbons (Fsp3) is 0. The molecule has 5 rings (SSSR count). The van der Waals surface area contributed by atoms with Gasteiger partial charge < -0.3 is 10.6 Å². The molecule has 0 aliphatic carbocycles. The Labute approximate surface area is 202 Å². The van der Waals surface area contributed by atoms with Crippen molar-refractivity contribution in [2.45, 2.75) is 9.79 Å². The summed E-state index contributed by atoms with van der Waals surface area (Å²) < 4.78 is 8.99. The van der Waals surface area contributed by atoms with E-state index in [2.05, 4.69) is 41.5 Å². The zero-order valence-corrected chi connectivity index (χ0v) is 19.1. The summed E-state index contributed by atoms with van der Waals surface area (Å²) in [4.78, 5) is 1.60. The fourth-order valence-corrected chi connectivity index (χ4v) is 4.65. The van der Waals surface area contributed by atoms with Gasteiger partial charge in [0.1, 0.15) is 0 Å². The van der Waals surface area contributed by atoms with Crippen molar-refractivity contribution in [2.75, 3.05) is 10.6 Å². The summed E-state index contributed by atoms with van der Waals surface area (Å²) in [5.41, 5.74) is 6.24. The molecular formula is C24H18N2O6S2. The van der Waals surface area contributed by atoms with Crippen molar-refractivity contribution in [1.82, 2.24) is 0 Å². The van der Waals surface area contributed by atoms with E-state index in [-0.39, 0.29) is 0 Å². The molecule has 0 fully saturated rings. The Hall–Kier alpha value is -3.06. The molecule has 0 spiro atoms. The van der Waals surface area contributed by atoms with Crippen LogP contribution in [-0.2, 0) is 18.7 Å². The van der Waals surface area contributed by atoms with Crippen LogP contribution in [-0.4, -0.2) is 10.5 Å². The molecule has 0 radical (unpaired) electrons. The summed E-state index contributed by atoms with van der Waals surface area (Å²) in [5, 5.41) is 32.9. The van der Waals surface area contributed by atoms with E-state index in [1.54, 1.807) is 0 Å². The second-order valence-corrected chi connectivity index (χ2v) is 8.74. The zero-order valence-electron chi connectivity index (χ0n) is 17.4. The lowest BCUT2D eigenvalue weighted by Gasteiger charge is -2.20. The normalized spacial score (nSPS) is 13.8. The molecule has 0 saturated carbocycles. The van der Waals surface area contributed by atoms with Crippen LogP contribution in [0.5, 0.6) is 0 Å². The van der Waals surface area contributed by atoms with Crippen LogP contribution >= 0.6 is 24.1 Å². The molecule has 0 unspecified atom stereocenters. The molecule has 2 heterocycles. The minimum absolute atomic E-state index is 0.799. The van der Waals surface area contributed by atoms with Crippen LogP contribution in [0.4, 0.5) is 11.4 Å². The molecule has 0 aromatic heterocycles. The van der Waals surface area contributed by atoms with Crippen LogP contribution in [0.2, 0.25) is 0 Å². The summed E-state index contributed by atoms with van der Waals surface area (Å²) in [5.74, 6) is 0. The standard InChI is InChI=1S/C24H18N2O6S2/c27-29-31-33-17-5-1-15(2-6-17)19-11-13-25-23-21(19)9-10-22-20(12-14-26-24(22)23)16-3-7-18(8-4-16)34-32-30-28/h1-14,25-28H. The Morgan fingerprint density at radius 2 is 0.971 bits per heavy atom. The molecular weight excluding hydrogens is 476 g/mol. The van der Waals surface area contributed by atoms with Crippen molar-refractivity contribution >= 4 is 46.6 Å². The average Bonchev–Trinajstić information content (AvgIpc) is 2.90. The van der Waals surface area contributed by atoms with Crippen LogP contribution in [0.3, 0.4) is 0 Å². The van der Waals surface area contributed by atoms with Gasteiger partial charge in [0.2, 0.25) is 0 Å². The van der Waals surface area contributed by atoms with E-state index in [1.807, 2.05) is 73.1 Å². The smallest absolute Gasteiger partial charge is 0.0714 e. The Kier molecular flexibility index (Phi) is 7.00. The van der Waals surface area contributed by atoms with Gasteiger partial charge in [-0.1, -0.05) is 46.5 Å². The predicted octanol–water partition coefficient (Wildman–Crippen LogP) is 4.82. The van der Waals surface area contributed by atoms with Crippen molar-refractivity contribution in [2.24, 2.45) is 0 Å². The first kappa shape index (κ1) is 22.7. The van der Waals surface area contributed by atoms with E-state index in [0.717, 1.165) is 78.0 Å². The summed E-state index contributed by atoms with van der Waals surface area (Å²) in [7, 11) is 0. The van der Waals surface area contributed by atoms with E-state index in [0.29, 0.717) is 0 Å². The van der Waals surface area contributed by atoms with Gasteiger partial charge in [-0.2, -0.15) is 0 Å². The predicted molar refractivity (Wildman–Crippen MR) is 130 cm³/mol. The van der Waals surface area contributed by atoms with Crippen LogP contribution in [0.15, 0.2) is 95.0 Å². The van der Waals surface area contributed by atoms with Crippen LogP contribution in [0.1, 0.15) is 11.1 Å². The van der Waals surface area contributed by atoms with Crippen molar-refractivity contribution in [3.8, 4) is 0 Å². The van der Waals surface area contributed by atoms with Crippen LogP contribution < -0.4 is 21.1 Å². The molecule has 34 heavy (non-hydrogen) atoms. The first-order chi connectivity index (χ1) is 16.8. The second kappa shape index (κ2) is 10.5. The van der Waals surface area contributed by atoms with E-state index in [9.17, 15) is 0 Å². The highest BCUT2D eigenvalue weighted by Crippen LogP contribution is 2.28. The molecule has 172 valence electrons. The third kappa shape index (κ3) is 4.62. The number of hydrogen-bond donors (Lipinski definition) is 4. The number of nitrogens with one attached hydrogen (secondary N) is 2. The van der Waals surface area contributed by atoms with E-state index < -0.39 is 0 Å². The summed E-state index contributed by atoms with van der Waals surface area (Å²) in [6, 6.07) is 19.8. The molecule has 8 nitrogen and oxygen atoms in total. The third-order valence-electron chi connectivity index (χ3n) is 5.39. The SMILES string of the molecule is OOOSc1ccc(C2=c3ccc4c(c3NC=C2)NC=CC=4c2ccc(SOOO)cc2)cc1. The average molecular weight is 495 g/mol. The van der Waals surface area contributed by atoms with E-state index in [4.69, 9.17) is 10.5 Å². The van der Waals surface area contributed by atoms with Crippen molar-refractivity contribution < 1.29 is 29.3 Å². The molecule has 4 N–H and O–H groups in total. The van der Waals surface area contributed by atoms with E-state index in [1.165, 1.54) is 0 Å².